The number of para-hydroxylation sites is 1. The van der Waals surface area contributed by atoms with Crippen LogP contribution in [0.1, 0.15) is 18.3 Å². The normalized spacial score (nSPS) is 11.2. The van der Waals surface area contributed by atoms with Crippen molar-refractivity contribution < 1.29 is 0 Å². The highest BCUT2D eigenvalue weighted by Gasteiger charge is 2.13. The fourth-order valence-electron chi connectivity index (χ4n) is 2.56. The number of aromatic nitrogens is 2. The molecule has 0 saturated heterocycles. The predicted molar refractivity (Wildman–Crippen MR) is 89.9 cm³/mol. The number of alkyl halides is 1. The van der Waals surface area contributed by atoms with Crippen LogP contribution in [0.15, 0.2) is 42.5 Å². The molecule has 0 N–H and O–H groups in total. The van der Waals surface area contributed by atoms with E-state index < -0.39 is 0 Å². The maximum atomic E-state index is 6.26. The Balaban J connectivity index is 2.16. The van der Waals surface area contributed by atoms with Gasteiger partial charge in [-0.3, -0.25) is 4.57 Å². The lowest BCUT2D eigenvalue weighted by Gasteiger charge is -2.09. The third-order valence-corrected chi connectivity index (χ3v) is 4.09. The Morgan fingerprint density at radius 2 is 1.86 bits per heavy atom. The summed E-state index contributed by atoms with van der Waals surface area (Å²) < 4.78 is 2.17. The molecule has 1 heterocycles. The Bertz CT molecular complexity index is 760. The molecule has 0 atom stereocenters. The number of halogens is 2. The molecule has 0 radical (unpaired) electrons. The summed E-state index contributed by atoms with van der Waals surface area (Å²) in [6.45, 7) is 2.10. The SMILES string of the molecule is CCc1nc2c(Cl)cccc2n1-c1ccc(CCCl)cc1. The molecule has 0 aliphatic carbocycles. The largest absolute Gasteiger partial charge is 0.296 e. The van der Waals surface area contributed by atoms with Crippen molar-refractivity contribution in [1.82, 2.24) is 9.55 Å². The van der Waals surface area contributed by atoms with Crippen molar-refractivity contribution in [3.63, 3.8) is 0 Å². The number of aryl methyl sites for hydroxylation is 2. The Morgan fingerprint density at radius 3 is 2.52 bits per heavy atom. The van der Waals surface area contributed by atoms with Crippen LogP contribution in [0.3, 0.4) is 0 Å². The first-order valence-corrected chi connectivity index (χ1v) is 7.97. The second-order valence-electron chi connectivity index (χ2n) is 4.93. The van der Waals surface area contributed by atoms with E-state index in [1.165, 1.54) is 5.56 Å². The van der Waals surface area contributed by atoms with Gasteiger partial charge in [-0.15, -0.1) is 11.6 Å². The van der Waals surface area contributed by atoms with Gasteiger partial charge in [0.05, 0.1) is 10.5 Å². The molecule has 4 heteroatoms. The van der Waals surface area contributed by atoms with Gasteiger partial charge in [-0.25, -0.2) is 4.98 Å². The van der Waals surface area contributed by atoms with Gasteiger partial charge in [-0.05, 0) is 36.2 Å². The molecule has 3 rings (SSSR count). The lowest BCUT2D eigenvalue weighted by Crippen LogP contribution is -2.00. The maximum Gasteiger partial charge on any atom is 0.114 e. The number of rotatable bonds is 4. The molecule has 108 valence electrons. The smallest absolute Gasteiger partial charge is 0.114 e. The van der Waals surface area contributed by atoms with Gasteiger partial charge in [0, 0.05) is 18.0 Å². The summed E-state index contributed by atoms with van der Waals surface area (Å²) in [6, 6.07) is 14.4. The van der Waals surface area contributed by atoms with Crippen molar-refractivity contribution in [2.24, 2.45) is 0 Å². The Labute approximate surface area is 134 Å². The molecule has 0 amide bonds. The van der Waals surface area contributed by atoms with Crippen molar-refractivity contribution in [2.75, 3.05) is 5.88 Å². The van der Waals surface area contributed by atoms with Crippen LogP contribution in [0.2, 0.25) is 5.02 Å². The van der Waals surface area contributed by atoms with Gasteiger partial charge in [0.2, 0.25) is 0 Å². The number of nitrogens with zero attached hydrogens (tertiary/aromatic N) is 2. The lowest BCUT2D eigenvalue weighted by molar-refractivity contribution is 0.907. The van der Waals surface area contributed by atoms with Gasteiger partial charge in [0.1, 0.15) is 11.3 Å². The average Bonchev–Trinajstić information content (AvgIpc) is 2.88. The van der Waals surface area contributed by atoms with E-state index in [9.17, 15) is 0 Å². The molecule has 0 aliphatic rings. The minimum absolute atomic E-state index is 0.642. The van der Waals surface area contributed by atoms with E-state index >= 15 is 0 Å². The third-order valence-electron chi connectivity index (χ3n) is 3.60. The minimum atomic E-state index is 0.642. The first-order valence-electron chi connectivity index (χ1n) is 7.05. The van der Waals surface area contributed by atoms with E-state index in [2.05, 4.69) is 46.8 Å². The molecule has 3 aromatic rings. The minimum Gasteiger partial charge on any atom is -0.296 e. The van der Waals surface area contributed by atoms with Crippen molar-refractivity contribution in [2.45, 2.75) is 19.8 Å². The Morgan fingerprint density at radius 1 is 1.10 bits per heavy atom. The molecule has 1 aromatic heterocycles. The van der Waals surface area contributed by atoms with E-state index in [-0.39, 0.29) is 0 Å². The highest BCUT2D eigenvalue weighted by molar-refractivity contribution is 6.34. The number of hydrogen-bond donors (Lipinski definition) is 0. The summed E-state index contributed by atoms with van der Waals surface area (Å²) in [6.07, 6.45) is 1.74. The number of hydrogen-bond acceptors (Lipinski definition) is 1. The van der Waals surface area contributed by atoms with Crippen molar-refractivity contribution in [1.29, 1.82) is 0 Å². The topological polar surface area (TPSA) is 17.8 Å². The Hall–Kier alpha value is -1.51. The van der Waals surface area contributed by atoms with Gasteiger partial charge < -0.3 is 0 Å². The zero-order valence-electron chi connectivity index (χ0n) is 11.8. The fraction of sp³-hybridized carbons (Fsp3) is 0.235. The zero-order chi connectivity index (χ0) is 14.8. The molecule has 21 heavy (non-hydrogen) atoms. The quantitative estimate of drug-likeness (QED) is 0.617. The highest BCUT2D eigenvalue weighted by Crippen LogP contribution is 2.27. The van der Waals surface area contributed by atoms with Crippen LogP contribution in [0, 0.1) is 0 Å². The summed E-state index contributed by atoms with van der Waals surface area (Å²) in [5.74, 6) is 1.66. The van der Waals surface area contributed by atoms with Gasteiger partial charge >= 0.3 is 0 Å². The van der Waals surface area contributed by atoms with E-state index in [0.29, 0.717) is 10.9 Å². The van der Waals surface area contributed by atoms with Gasteiger partial charge in [0.15, 0.2) is 0 Å². The zero-order valence-corrected chi connectivity index (χ0v) is 13.3. The van der Waals surface area contributed by atoms with Gasteiger partial charge in [-0.1, -0.05) is 36.7 Å². The van der Waals surface area contributed by atoms with Gasteiger partial charge in [0.25, 0.3) is 0 Å². The molecular formula is C17H16Cl2N2. The number of fused-ring (bicyclic) bond motifs is 1. The summed E-state index contributed by atoms with van der Waals surface area (Å²) in [5.41, 5.74) is 4.26. The molecular weight excluding hydrogens is 303 g/mol. The maximum absolute atomic E-state index is 6.26. The van der Waals surface area contributed by atoms with E-state index in [4.69, 9.17) is 23.2 Å². The second-order valence-corrected chi connectivity index (χ2v) is 5.72. The first kappa shape index (κ1) is 14.4. The fourth-order valence-corrected chi connectivity index (χ4v) is 2.99. The molecule has 0 aliphatic heterocycles. The summed E-state index contributed by atoms with van der Waals surface area (Å²) in [4.78, 5) is 4.68. The molecule has 2 aromatic carbocycles. The number of imidazole rings is 1. The van der Waals surface area contributed by atoms with Crippen molar-refractivity contribution in [3.8, 4) is 5.69 Å². The average molecular weight is 319 g/mol. The van der Waals surface area contributed by atoms with Gasteiger partial charge in [-0.2, -0.15) is 0 Å². The third kappa shape index (κ3) is 2.66. The predicted octanol–water partition coefficient (Wildman–Crippen LogP) is 5.02. The molecule has 0 unspecified atom stereocenters. The molecule has 2 nitrogen and oxygen atoms in total. The standard InChI is InChI=1S/C17H16Cl2N2/c1-2-16-20-17-14(19)4-3-5-15(17)21(16)13-8-6-12(7-9-13)10-11-18/h3-9H,2,10-11H2,1H3. The molecule has 0 saturated carbocycles. The first-order chi connectivity index (χ1) is 10.2. The van der Waals surface area contributed by atoms with Crippen LogP contribution in [-0.2, 0) is 12.8 Å². The molecule has 0 bridgehead atoms. The van der Waals surface area contributed by atoms with E-state index in [1.807, 2.05) is 12.1 Å². The van der Waals surface area contributed by atoms with Crippen LogP contribution in [0.25, 0.3) is 16.7 Å². The van der Waals surface area contributed by atoms with Crippen LogP contribution in [0.4, 0.5) is 0 Å². The summed E-state index contributed by atoms with van der Waals surface area (Å²) in [7, 11) is 0. The van der Waals surface area contributed by atoms with Crippen LogP contribution in [-0.4, -0.2) is 15.4 Å². The van der Waals surface area contributed by atoms with Crippen LogP contribution >= 0.6 is 23.2 Å². The highest BCUT2D eigenvalue weighted by atomic mass is 35.5. The monoisotopic (exact) mass is 318 g/mol. The van der Waals surface area contributed by atoms with Crippen molar-refractivity contribution in [3.05, 3.63) is 58.9 Å². The summed E-state index contributed by atoms with van der Waals surface area (Å²) in [5, 5.41) is 0.694. The van der Waals surface area contributed by atoms with Crippen LogP contribution < -0.4 is 0 Å². The molecule has 0 fully saturated rings. The summed E-state index contributed by atoms with van der Waals surface area (Å²) >= 11 is 12.1. The number of benzene rings is 2. The van der Waals surface area contributed by atoms with Crippen LogP contribution in [0.5, 0.6) is 0 Å². The van der Waals surface area contributed by atoms with E-state index in [1.54, 1.807) is 0 Å². The second kappa shape index (κ2) is 6.08. The lowest BCUT2D eigenvalue weighted by atomic mass is 10.1. The van der Waals surface area contributed by atoms with E-state index in [0.717, 1.165) is 35.4 Å². The van der Waals surface area contributed by atoms with Crippen molar-refractivity contribution >= 4 is 34.2 Å². The Kier molecular flexibility index (Phi) is 4.18. The molecule has 0 spiro atoms.